The van der Waals surface area contributed by atoms with Gasteiger partial charge in [0.1, 0.15) is 0 Å². The maximum absolute atomic E-state index is 13.0. The highest BCUT2D eigenvalue weighted by Gasteiger charge is 2.29. The van der Waals surface area contributed by atoms with Crippen LogP contribution in [-0.2, 0) is 23.5 Å². The van der Waals surface area contributed by atoms with Gasteiger partial charge in [0, 0.05) is 45.8 Å². The van der Waals surface area contributed by atoms with Gasteiger partial charge >= 0.3 is 5.76 Å². The van der Waals surface area contributed by atoms with Crippen molar-refractivity contribution in [1.29, 1.82) is 0 Å². The molecule has 1 aliphatic rings. The molecule has 0 saturated carbocycles. The number of aromatic nitrogens is 1. The zero-order valence-electron chi connectivity index (χ0n) is 15.7. The molecule has 1 saturated heterocycles. The number of hydrogen-bond donors (Lipinski definition) is 0. The van der Waals surface area contributed by atoms with E-state index in [9.17, 15) is 13.2 Å². The SMILES string of the molecule is Cn1c(=O)oc2cc(S(=O)(=O)N3CCN(CCc4ccccc4)CC3)ccc21. The smallest absolute Gasteiger partial charge is 0.408 e. The first kappa shape index (κ1) is 18.9. The second-order valence-electron chi connectivity index (χ2n) is 7.04. The van der Waals surface area contributed by atoms with Crippen molar-refractivity contribution in [2.24, 2.45) is 7.05 Å². The van der Waals surface area contributed by atoms with Gasteiger partial charge in [-0.25, -0.2) is 13.2 Å². The number of fused-ring (bicyclic) bond motifs is 1. The summed E-state index contributed by atoms with van der Waals surface area (Å²) in [7, 11) is -2.02. The summed E-state index contributed by atoms with van der Waals surface area (Å²) in [6, 6.07) is 14.9. The van der Waals surface area contributed by atoms with Gasteiger partial charge in [0.2, 0.25) is 10.0 Å². The van der Waals surface area contributed by atoms with Crippen molar-refractivity contribution in [3.05, 3.63) is 64.6 Å². The molecular formula is C20H23N3O4S. The first-order valence-electron chi connectivity index (χ1n) is 9.31. The average molecular weight is 401 g/mol. The highest BCUT2D eigenvalue weighted by Crippen LogP contribution is 2.22. The molecule has 148 valence electrons. The maximum atomic E-state index is 13.0. The van der Waals surface area contributed by atoms with E-state index < -0.39 is 15.8 Å². The summed E-state index contributed by atoms with van der Waals surface area (Å²) in [4.78, 5) is 14.1. The summed E-state index contributed by atoms with van der Waals surface area (Å²) in [5, 5.41) is 0. The van der Waals surface area contributed by atoms with E-state index >= 15 is 0 Å². The average Bonchev–Trinajstić information content (AvgIpc) is 3.01. The van der Waals surface area contributed by atoms with Gasteiger partial charge in [0.05, 0.1) is 10.4 Å². The Kier molecular flexibility index (Phi) is 5.09. The zero-order chi connectivity index (χ0) is 19.7. The predicted octanol–water partition coefficient (Wildman–Crippen LogP) is 1.68. The van der Waals surface area contributed by atoms with Crippen LogP contribution >= 0.6 is 0 Å². The first-order valence-corrected chi connectivity index (χ1v) is 10.8. The summed E-state index contributed by atoms with van der Waals surface area (Å²) in [5.74, 6) is -0.503. The van der Waals surface area contributed by atoms with Gasteiger partial charge in [-0.2, -0.15) is 4.31 Å². The van der Waals surface area contributed by atoms with Crippen molar-refractivity contribution in [3.63, 3.8) is 0 Å². The second kappa shape index (κ2) is 7.54. The van der Waals surface area contributed by atoms with E-state index in [-0.39, 0.29) is 10.5 Å². The lowest BCUT2D eigenvalue weighted by Gasteiger charge is -2.34. The fourth-order valence-corrected chi connectivity index (χ4v) is 4.99. The van der Waals surface area contributed by atoms with Gasteiger partial charge in [-0.15, -0.1) is 0 Å². The molecule has 2 aromatic carbocycles. The summed E-state index contributed by atoms with van der Waals surface area (Å²) < 4.78 is 34.0. The fraction of sp³-hybridized carbons (Fsp3) is 0.350. The summed E-state index contributed by atoms with van der Waals surface area (Å²) in [6.45, 7) is 3.23. The minimum absolute atomic E-state index is 0.159. The number of piperazine rings is 1. The summed E-state index contributed by atoms with van der Waals surface area (Å²) in [6.07, 6.45) is 0.956. The van der Waals surface area contributed by atoms with Crippen molar-refractivity contribution in [2.45, 2.75) is 11.3 Å². The van der Waals surface area contributed by atoms with E-state index in [4.69, 9.17) is 4.42 Å². The Bertz CT molecular complexity index is 1130. The van der Waals surface area contributed by atoms with Crippen LogP contribution in [0.15, 0.2) is 62.6 Å². The Morgan fingerprint density at radius 1 is 1.00 bits per heavy atom. The van der Waals surface area contributed by atoms with Gasteiger partial charge in [0.25, 0.3) is 0 Å². The topological polar surface area (TPSA) is 75.8 Å². The Labute approximate surface area is 163 Å². The van der Waals surface area contributed by atoms with Crippen LogP contribution in [0.1, 0.15) is 5.56 Å². The molecule has 8 heteroatoms. The number of sulfonamides is 1. The molecule has 0 amide bonds. The molecule has 0 aliphatic carbocycles. The van der Waals surface area contributed by atoms with Crippen LogP contribution in [-0.4, -0.2) is 54.9 Å². The van der Waals surface area contributed by atoms with E-state index in [2.05, 4.69) is 17.0 Å². The van der Waals surface area contributed by atoms with E-state index in [0.29, 0.717) is 31.7 Å². The largest absolute Gasteiger partial charge is 0.419 e. The molecular weight excluding hydrogens is 378 g/mol. The third-order valence-electron chi connectivity index (χ3n) is 5.29. The Morgan fingerprint density at radius 2 is 1.71 bits per heavy atom. The molecule has 1 aliphatic heterocycles. The summed E-state index contributed by atoms with van der Waals surface area (Å²) in [5.41, 5.74) is 2.15. The van der Waals surface area contributed by atoms with Crippen molar-refractivity contribution < 1.29 is 12.8 Å². The van der Waals surface area contributed by atoms with Crippen LogP contribution in [0.2, 0.25) is 0 Å². The van der Waals surface area contributed by atoms with E-state index in [0.717, 1.165) is 13.0 Å². The lowest BCUT2D eigenvalue weighted by atomic mass is 10.1. The molecule has 28 heavy (non-hydrogen) atoms. The quantitative estimate of drug-likeness (QED) is 0.650. The molecule has 1 aromatic heterocycles. The molecule has 4 rings (SSSR count). The van der Waals surface area contributed by atoms with Crippen molar-refractivity contribution >= 4 is 21.1 Å². The molecule has 7 nitrogen and oxygen atoms in total. The number of rotatable bonds is 5. The lowest BCUT2D eigenvalue weighted by Crippen LogP contribution is -2.48. The second-order valence-corrected chi connectivity index (χ2v) is 8.98. The van der Waals surface area contributed by atoms with Gasteiger partial charge in [0.15, 0.2) is 5.58 Å². The van der Waals surface area contributed by atoms with Gasteiger partial charge in [-0.05, 0) is 24.1 Å². The molecule has 0 atom stereocenters. The van der Waals surface area contributed by atoms with Crippen molar-refractivity contribution in [2.75, 3.05) is 32.7 Å². The summed E-state index contributed by atoms with van der Waals surface area (Å²) >= 11 is 0. The number of aryl methyl sites for hydroxylation is 1. The van der Waals surface area contributed by atoms with Gasteiger partial charge in [-0.1, -0.05) is 30.3 Å². The fourth-order valence-electron chi connectivity index (χ4n) is 3.55. The molecule has 1 fully saturated rings. The van der Waals surface area contributed by atoms with E-state index in [1.54, 1.807) is 13.1 Å². The van der Waals surface area contributed by atoms with Gasteiger partial charge < -0.3 is 9.32 Å². The molecule has 3 aromatic rings. The van der Waals surface area contributed by atoms with E-state index in [1.807, 2.05) is 18.2 Å². The predicted molar refractivity (Wildman–Crippen MR) is 107 cm³/mol. The Morgan fingerprint density at radius 3 is 2.43 bits per heavy atom. The number of benzene rings is 2. The molecule has 0 spiro atoms. The molecule has 0 radical (unpaired) electrons. The molecule has 0 bridgehead atoms. The third-order valence-corrected chi connectivity index (χ3v) is 7.19. The maximum Gasteiger partial charge on any atom is 0.419 e. The zero-order valence-corrected chi connectivity index (χ0v) is 16.6. The monoisotopic (exact) mass is 401 g/mol. The van der Waals surface area contributed by atoms with E-state index in [1.165, 1.54) is 26.6 Å². The van der Waals surface area contributed by atoms with Crippen LogP contribution < -0.4 is 5.76 Å². The Hall–Kier alpha value is -2.42. The highest BCUT2D eigenvalue weighted by molar-refractivity contribution is 7.89. The van der Waals surface area contributed by atoms with Gasteiger partial charge in [-0.3, -0.25) is 4.57 Å². The van der Waals surface area contributed by atoms with Crippen LogP contribution in [0, 0.1) is 0 Å². The van der Waals surface area contributed by atoms with Crippen LogP contribution in [0.3, 0.4) is 0 Å². The number of oxazole rings is 1. The minimum atomic E-state index is -3.61. The first-order chi connectivity index (χ1) is 13.4. The minimum Gasteiger partial charge on any atom is -0.408 e. The third kappa shape index (κ3) is 3.63. The highest BCUT2D eigenvalue weighted by atomic mass is 32.2. The number of hydrogen-bond acceptors (Lipinski definition) is 5. The van der Waals surface area contributed by atoms with Crippen molar-refractivity contribution in [3.8, 4) is 0 Å². The molecule has 0 N–H and O–H groups in total. The number of nitrogens with zero attached hydrogens (tertiary/aromatic N) is 3. The van der Waals surface area contributed by atoms with Crippen LogP contribution in [0.5, 0.6) is 0 Å². The van der Waals surface area contributed by atoms with Crippen molar-refractivity contribution in [1.82, 2.24) is 13.8 Å². The van der Waals surface area contributed by atoms with Crippen LogP contribution in [0.25, 0.3) is 11.1 Å². The molecule has 0 unspecified atom stereocenters. The normalized spacial score (nSPS) is 16.6. The Balaban J connectivity index is 1.42. The molecule has 2 heterocycles. The van der Waals surface area contributed by atoms with Crippen LogP contribution in [0.4, 0.5) is 0 Å². The standard InChI is InChI=1S/C20H23N3O4S/c1-21-18-8-7-17(15-19(18)27-20(21)24)28(25,26)23-13-11-22(12-14-23)10-9-16-5-3-2-4-6-16/h2-8,15H,9-14H2,1H3. The lowest BCUT2D eigenvalue weighted by molar-refractivity contribution is 0.190.